The van der Waals surface area contributed by atoms with Crippen LogP contribution in [-0.2, 0) is 4.79 Å². The highest BCUT2D eigenvalue weighted by molar-refractivity contribution is 6.19. The van der Waals surface area contributed by atoms with E-state index in [4.69, 9.17) is 21.1 Å². The molecule has 2 N–H and O–H groups in total. The fraction of sp³-hybridized carbons (Fsp3) is 0.520. The Morgan fingerprint density at radius 2 is 1.91 bits per heavy atom. The number of hydrogen-bond donors (Lipinski definition) is 2. The summed E-state index contributed by atoms with van der Waals surface area (Å²) in [7, 11) is 0. The molecule has 0 aromatic carbocycles. The third-order valence-electron chi connectivity index (χ3n) is 7.10. The van der Waals surface area contributed by atoms with E-state index in [9.17, 15) is 10.1 Å². The molecule has 1 aliphatic heterocycles. The molecule has 3 aliphatic carbocycles. The van der Waals surface area contributed by atoms with Gasteiger partial charge < -0.3 is 15.2 Å². The van der Waals surface area contributed by atoms with E-state index < -0.39 is 0 Å². The zero-order valence-corrected chi connectivity index (χ0v) is 18.5. The first kappa shape index (κ1) is 21.3. The van der Waals surface area contributed by atoms with Crippen molar-refractivity contribution in [1.29, 1.82) is 21.3 Å². The zero-order chi connectivity index (χ0) is 23.1. The number of anilines is 1. The summed E-state index contributed by atoms with van der Waals surface area (Å²) in [6.45, 7) is 2.01. The first-order chi connectivity index (χ1) is 16.0. The maximum absolute atomic E-state index is 12.9. The molecule has 5 rings (SSSR count). The van der Waals surface area contributed by atoms with Crippen LogP contribution < -0.4 is 4.90 Å². The third kappa shape index (κ3) is 4.26. The normalized spacial score (nSPS) is 23.0. The molecule has 3 saturated carbocycles. The molecular weight excluding hydrogens is 414 g/mol. The fourth-order valence-electron chi connectivity index (χ4n) is 4.85. The Balaban J connectivity index is 1.49. The van der Waals surface area contributed by atoms with Crippen molar-refractivity contribution in [2.24, 2.45) is 11.8 Å². The van der Waals surface area contributed by atoms with Gasteiger partial charge in [0.1, 0.15) is 23.7 Å². The van der Waals surface area contributed by atoms with Crippen molar-refractivity contribution in [3.05, 3.63) is 29.0 Å². The molecule has 0 spiro atoms. The predicted molar refractivity (Wildman–Crippen MR) is 124 cm³/mol. The Morgan fingerprint density at radius 1 is 1.15 bits per heavy atom. The van der Waals surface area contributed by atoms with Gasteiger partial charge in [-0.25, -0.2) is 4.98 Å². The Hall–Kier alpha value is -3.52. The van der Waals surface area contributed by atoms with Crippen LogP contribution in [0.15, 0.2) is 12.1 Å². The number of amides is 1. The average molecular weight is 442 g/mol. The first-order valence-corrected chi connectivity index (χ1v) is 11.8. The molecule has 8 nitrogen and oxygen atoms in total. The number of carbonyl (C=O) groups is 1. The number of carbonyl (C=O) groups excluding carboxylic acids is 1. The lowest BCUT2D eigenvalue weighted by Gasteiger charge is -2.43. The van der Waals surface area contributed by atoms with Gasteiger partial charge in [0.15, 0.2) is 0 Å². The summed E-state index contributed by atoms with van der Waals surface area (Å²) in [5.74, 6) is 1.97. The summed E-state index contributed by atoms with van der Waals surface area (Å²) in [6, 6.07) is 6.01. The number of piperazine rings is 1. The van der Waals surface area contributed by atoms with E-state index in [1.165, 1.54) is 6.08 Å². The van der Waals surface area contributed by atoms with E-state index in [2.05, 4.69) is 15.9 Å². The van der Waals surface area contributed by atoms with Crippen LogP contribution in [0.25, 0.3) is 5.57 Å². The van der Waals surface area contributed by atoms with Crippen molar-refractivity contribution in [2.75, 3.05) is 24.5 Å². The lowest BCUT2D eigenvalue weighted by molar-refractivity contribution is -0.135. The number of allylic oxidation sites excluding steroid dienone is 2. The minimum atomic E-state index is -0.235. The molecule has 1 aromatic rings. The summed E-state index contributed by atoms with van der Waals surface area (Å²) < 4.78 is 0. The van der Waals surface area contributed by atoms with Crippen LogP contribution in [0.2, 0.25) is 0 Å². The van der Waals surface area contributed by atoms with E-state index in [1.54, 1.807) is 12.1 Å². The maximum atomic E-state index is 12.9. The highest BCUT2D eigenvalue weighted by Gasteiger charge is 2.45. The molecule has 1 saturated heterocycles. The van der Waals surface area contributed by atoms with E-state index in [0.29, 0.717) is 54.0 Å². The second kappa shape index (κ2) is 8.44. The monoisotopic (exact) mass is 441 g/mol. The van der Waals surface area contributed by atoms with Crippen LogP contribution in [0.3, 0.4) is 0 Å². The topological polar surface area (TPSA) is 132 Å². The Kier molecular flexibility index (Phi) is 5.46. The number of nitriles is 2. The number of aromatic nitrogens is 1. The SMILES string of the molecule is N#CC(=N)/C=C(\C=N)c1cc(C#N)c(N2CCN(C(=O)C3CC3)C(C3CC3)C2)nc1C1CC1. The summed E-state index contributed by atoms with van der Waals surface area (Å²) in [4.78, 5) is 22.1. The number of nitrogens with zero attached hydrogens (tertiary/aromatic N) is 5. The molecular formula is C25H27N7O. The van der Waals surface area contributed by atoms with Crippen LogP contribution in [-0.4, -0.2) is 53.4 Å². The van der Waals surface area contributed by atoms with Gasteiger partial charge in [-0.2, -0.15) is 10.5 Å². The van der Waals surface area contributed by atoms with Gasteiger partial charge in [0, 0.05) is 48.8 Å². The number of rotatable bonds is 7. The average Bonchev–Trinajstić information content (AvgIpc) is 3.68. The highest BCUT2D eigenvalue weighted by Crippen LogP contribution is 2.44. The molecule has 4 aliphatic rings. The Bertz CT molecular complexity index is 1130. The molecule has 1 aromatic heterocycles. The molecule has 168 valence electrons. The van der Waals surface area contributed by atoms with Gasteiger partial charge >= 0.3 is 0 Å². The summed E-state index contributed by atoms with van der Waals surface area (Å²) in [5, 5.41) is 34.5. The largest absolute Gasteiger partial charge is 0.352 e. The standard InChI is InChI=1S/C25H27N7O/c26-11-18(9-20(29)13-28)21-10-19(12-27)24(30-23(21)16-3-4-16)31-7-8-32(25(33)17-5-6-17)22(14-31)15-1-2-15/h9-11,15-17,22,26,29H,1-8,14H2/b18-9+,26-11?,29-20?. The number of hydrogen-bond acceptors (Lipinski definition) is 7. The van der Waals surface area contributed by atoms with E-state index >= 15 is 0 Å². The second-order valence-electron chi connectivity index (χ2n) is 9.60. The maximum Gasteiger partial charge on any atom is 0.226 e. The van der Waals surface area contributed by atoms with Gasteiger partial charge in [0.25, 0.3) is 0 Å². The predicted octanol–water partition coefficient (Wildman–Crippen LogP) is 3.24. The molecule has 1 unspecified atom stereocenters. The fourth-order valence-corrected chi connectivity index (χ4v) is 4.85. The minimum absolute atomic E-state index is 0.178. The van der Waals surface area contributed by atoms with Crippen molar-refractivity contribution in [2.45, 2.75) is 50.5 Å². The van der Waals surface area contributed by atoms with Gasteiger partial charge in [-0.05, 0) is 56.6 Å². The van der Waals surface area contributed by atoms with Gasteiger partial charge in [0.2, 0.25) is 5.91 Å². The third-order valence-corrected chi connectivity index (χ3v) is 7.10. The second-order valence-corrected chi connectivity index (χ2v) is 9.60. The van der Waals surface area contributed by atoms with Crippen molar-refractivity contribution in [3.8, 4) is 12.1 Å². The molecule has 0 radical (unpaired) electrons. The van der Waals surface area contributed by atoms with Crippen molar-refractivity contribution >= 4 is 29.2 Å². The number of nitrogens with one attached hydrogen (secondary N) is 2. The molecule has 1 amide bonds. The first-order valence-electron chi connectivity index (χ1n) is 11.8. The van der Waals surface area contributed by atoms with Crippen molar-refractivity contribution in [1.82, 2.24) is 9.88 Å². The lowest BCUT2D eigenvalue weighted by Crippen LogP contribution is -2.57. The smallest absolute Gasteiger partial charge is 0.226 e. The minimum Gasteiger partial charge on any atom is -0.352 e. The molecule has 33 heavy (non-hydrogen) atoms. The van der Waals surface area contributed by atoms with Crippen LogP contribution >= 0.6 is 0 Å². The lowest BCUT2D eigenvalue weighted by atomic mass is 9.98. The van der Waals surface area contributed by atoms with E-state index in [1.807, 2.05) is 0 Å². The van der Waals surface area contributed by atoms with Crippen LogP contribution in [0.1, 0.15) is 61.3 Å². The summed E-state index contributed by atoms with van der Waals surface area (Å²) in [6.07, 6.45) is 8.81. The summed E-state index contributed by atoms with van der Waals surface area (Å²) in [5.41, 5.74) is 2.12. The zero-order valence-electron chi connectivity index (χ0n) is 18.5. The van der Waals surface area contributed by atoms with Crippen LogP contribution in [0, 0.1) is 45.3 Å². The molecule has 8 heteroatoms. The van der Waals surface area contributed by atoms with Crippen LogP contribution in [0.4, 0.5) is 5.82 Å². The summed E-state index contributed by atoms with van der Waals surface area (Å²) >= 11 is 0. The van der Waals surface area contributed by atoms with Gasteiger partial charge in [-0.3, -0.25) is 10.2 Å². The van der Waals surface area contributed by atoms with Crippen molar-refractivity contribution in [3.63, 3.8) is 0 Å². The van der Waals surface area contributed by atoms with Gasteiger partial charge in [0.05, 0.1) is 17.3 Å². The molecule has 0 bridgehead atoms. The number of pyridine rings is 1. The molecule has 1 atom stereocenters. The Morgan fingerprint density at radius 3 is 2.48 bits per heavy atom. The molecule has 4 fully saturated rings. The van der Waals surface area contributed by atoms with Crippen LogP contribution in [0.5, 0.6) is 0 Å². The highest BCUT2D eigenvalue weighted by atomic mass is 16.2. The Labute approximate surface area is 193 Å². The van der Waals surface area contributed by atoms with E-state index in [0.717, 1.165) is 50.4 Å². The van der Waals surface area contributed by atoms with Gasteiger partial charge in [-0.15, -0.1) is 0 Å². The molecule has 2 heterocycles. The van der Waals surface area contributed by atoms with E-state index in [-0.39, 0.29) is 23.6 Å². The van der Waals surface area contributed by atoms with Crippen molar-refractivity contribution < 1.29 is 4.79 Å². The van der Waals surface area contributed by atoms with Gasteiger partial charge in [-0.1, -0.05) is 0 Å². The quantitative estimate of drug-likeness (QED) is 0.627.